The van der Waals surface area contributed by atoms with E-state index in [9.17, 15) is 14.7 Å². The number of hydrogen-bond acceptors (Lipinski definition) is 5. The van der Waals surface area contributed by atoms with Crippen LogP contribution < -0.4 is 5.32 Å². The maximum atomic E-state index is 12.9. The fourth-order valence-electron chi connectivity index (χ4n) is 4.60. The lowest BCUT2D eigenvalue weighted by Gasteiger charge is -2.35. The molecule has 2 heterocycles. The second-order valence-corrected chi connectivity index (χ2v) is 8.94. The average Bonchev–Trinajstić information content (AvgIpc) is 3.47. The van der Waals surface area contributed by atoms with E-state index < -0.39 is 5.60 Å². The molecule has 2 fully saturated rings. The number of nitrogens with zero attached hydrogens (tertiary/aromatic N) is 3. The number of hydrogen-bond donors (Lipinski definition) is 2. The number of piperazine rings is 1. The van der Waals surface area contributed by atoms with Crippen LogP contribution in [0.2, 0.25) is 0 Å². The molecule has 1 atom stereocenters. The highest BCUT2D eigenvalue weighted by molar-refractivity contribution is 5.95. The molecular weight excluding hydrogens is 404 g/mol. The van der Waals surface area contributed by atoms with Crippen LogP contribution in [0.5, 0.6) is 0 Å². The number of nitriles is 1. The zero-order valence-electron chi connectivity index (χ0n) is 17.9. The molecule has 2 amide bonds. The minimum Gasteiger partial charge on any atom is -0.384 e. The highest BCUT2D eigenvalue weighted by Crippen LogP contribution is 2.38. The van der Waals surface area contributed by atoms with E-state index in [1.54, 1.807) is 9.80 Å². The van der Waals surface area contributed by atoms with Gasteiger partial charge in [0.15, 0.2) is 0 Å². The summed E-state index contributed by atoms with van der Waals surface area (Å²) in [5.74, 6) is -0.0292. The molecule has 7 heteroatoms. The highest BCUT2D eigenvalue weighted by atomic mass is 16.3. The SMILES string of the molecule is N#CCC1CNc2ccc(-c3ccc(C(=O)N4CCN(C(=O)C5(O)CC5)CC4)cc3)cc21. The molecule has 1 aliphatic carbocycles. The van der Waals surface area contributed by atoms with Crippen molar-refractivity contribution in [2.75, 3.05) is 38.0 Å². The Morgan fingerprint density at radius 2 is 1.69 bits per heavy atom. The van der Waals surface area contributed by atoms with Crippen LogP contribution in [-0.2, 0) is 4.79 Å². The second-order valence-electron chi connectivity index (χ2n) is 8.94. The first-order chi connectivity index (χ1) is 15.5. The number of fused-ring (bicyclic) bond motifs is 1. The van der Waals surface area contributed by atoms with Gasteiger partial charge in [0.05, 0.1) is 6.07 Å². The van der Waals surface area contributed by atoms with E-state index in [4.69, 9.17) is 5.26 Å². The Kier molecular flexibility index (Phi) is 5.10. The van der Waals surface area contributed by atoms with Crippen LogP contribution in [0.25, 0.3) is 11.1 Å². The Bertz CT molecular complexity index is 1090. The minimum atomic E-state index is -1.15. The van der Waals surface area contributed by atoms with Gasteiger partial charge in [-0.25, -0.2) is 0 Å². The monoisotopic (exact) mass is 430 g/mol. The van der Waals surface area contributed by atoms with Gasteiger partial charge in [-0.15, -0.1) is 0 Å². The van der Waals surface area contributed by atoms with Crippen molar-refractivity contribution < 1.29 is 14.7 Å². The van der Waals surface area contributed by atoms with E-state index in [0.717, 1.165) is 23.4 Å². The Morgan fingerprint density at radius 1 is 1.03 bits per heavy atom. The van der Waals surface area contributed by atoms with E-state index in [1.807, 2.05) is 24.3 Å². The van der Waals surface area contributed by atoms with Gasteiger partial charge in [0.2, 0.25) is 0 Å². The van der Waals surface area contributed by atoms with E-state index in [1.165, 1.54) is 5.56 Å². The van der Waals surface area contributed by atoms with E-state index in [0.29, 0.717) is 51.0 Å². The summed E-state index contributed by atoms with van der Waals surface area (Å²) in [5, 5.41) is 22.4. The molecule has 2 aliphatic heterocycles. The quantitative estimate of drug-likeness (QED) is 0.777. The molecule has 1 saturated heterocycles. The van der Waals surface area contributed by atoms with E-state index in [-0.39, 0.29) is 17.7 Å². The van der Waals surface area contributed by atoms with Crippen LogP contribution >= 0.6 is 0 Å². The zero-order valence-corrected chi connectivity index (χ0v) is 17.9. The predicted molar refractivity (Wildman–Crippen MR) is 120 cm³/mol. The van der Waals surface area contributed by atoms with E-state index in [2.05, 4.69) is 29.6 Å². The largest absolute Gasteiger partial charge is 0.384 e. The van der Waals surface area contributed by atoms with Crippen molar-refractivity contribution >= 4 is 17.5 Å². The molecule has 164 valence electrons. The Hall–Kier alpha value is -3.37. The van der Waals surface area contributed by atoms with Crippen molar-refractivity contribution in [3.8, 4) is 17.2 Å². The van der Waals surface area contributed by atoms with Crippen molar-refractivity contribution in [1.29, 1.82) is 5.26 Å². The van der Waals surface area contributed by atoms with Crippen LogP contribution in [0.1, 0.15) is 41.1 Å². The lowest BCUT2D eigenvalue weighted by molar-refractivity contribution is -0.143. The molecule has 1 saturated carbocycles. The molecule has 32 heavy (non-hydrogen) atoms. The second kappa shape index (κ2) is 7.95. The van der Waals surface area contributed by atoms with Gasteiger partial charge in [0, 0.05) is 56.3 Å². The third-order valence-corrected chi connectivity index (χ3v) is 6.81. The topological polar surface area (TPSA) is 96.7 Å². The van der Waals surface area contributed by atoms with Crippen molar-refractivity contribution in [2.45, 2.75) is 30.8 Å². The first kappa shape index (κ1) is 20.5. The molecule has 5 rings (SSSR count). The van der Waals surface area contributed by atoms with Gasteiger partial charge in [-0.05, 0) is 53.8 Å². The fraction of sp³-hybridized carbons (Fsp3) is 0.400. The molecule has 0 bridgehead atoms. The lowest BCUT2D eigenvalue weighted by Crippen LogP contribution is -2.53. The molecule has 2 N–H and O–H groups in total. The predicted octanol–water partition coefficient (Wildman–Crippen LogP) is 2.59. The Balaban J connectivity index is 1.25. The van der Waals surface area contributed by atoms with Crippen LogP contribution in [0, 0.1) is 11.3 Å². The average molecular weight is 431 g/mol. The Labute approximate surface area is 187 Å². The number of rotatable bonds is 4. The number of carbonyl (C=O) groups excluding carboxylic acids is 2. The summed E-state index contributed by atoms with van der Waals surface area (Å²) in [6.45, 7) is 2.65. The van der Waals surface area contributed by atoms with Gasteiger partial charge < -0.3 is 20.2 Å². The summed E-state index contributed by atoms with van der Waals surface area (Å²) in [6, 6.07) is 16.1. The summed E-state index contributed by atoms with van der Waals surface area (Å²) in [6.07, 6.45) is 1.57. The summed E-state index contributed by atoms with van der Waals surface area (Å²) in [7, 11) is 0. The molecule has 2 aromatic rings. The summed E-state index contributed by atoms with van der Waals surface area (Å²) >= 11 is 0. The van der Waals surface area contributed by atoms with Crippen LogP contribution in [0.3, 0.4) is 0 Å². The molecule has 0 radical (unpaired) electrons. The third kappa shape index (κ3) is 3.71. The fourth-order valence-corrected chi connectivity index (χ4v) is 4.60. The maximum Gasteiger partial charge on any atom is 0.254 e. The normalized spacial score (nSPS) is 20.8. The first-order valence-electron chi connectivity index (χ1n) is 11.1. The summed E-state index contributed by atoms with van der Waals surface area (Å²) < 4.78 is 0. The molecule has 1 unspecified atom stereocenters. The number of carbonyl (C=O) groups is 2. The number of benzene rings is 2. The number of amides is 2. The molecule has 7 nitrogen and oxygen atoms in total. The number of anilines is 1. The van der Waals surface area contributed by atoms with Crippen molar-refractivity contribution in [3.63, 3.8) is 0 Å². The minimum absolute atomic E-state index is 0.0407. The molecule has 3 aliphatic rings. The van der Waals surface area contributed by atoms with E-state index >= 15 is 0 Å². The smallest absolute Gasteiger partial charge is 0.254 e. The highest BCUT2D eigenvalue weighted by Gasteiger charge is 2.50. The number of nitrogens with one attached hydrogen (secondary N) is 1. The Morgan fingerprint density at radius 3 is 2.34 bits per heavy atom. The first-order valence-corrected chi connectivity index (χ1v) is 11.1. The summed E-state index contributed by atoms with van der Waals surface area (Å²) in [5.41, 5.74) is 3.84. The molecule has 0 aromatic heterocycles. The van der Waals surface area contributed by atoms with Crippen molar-refractivity contribution in [2.24, 2.45) is 0 Å². The number of aliphatic hydroxyl groups is 1. The molecular formula is C25H26N4O3. The zero-order chi connectivity index (χ0) is 22.3. The summed E-state index contributed by atoms with van der Waals surface area (Å²) in [4.78, 5) is 28.7. The van der Waals surface area contributed by atoms with Crippen LogP contribution in [0.15, 0.2) is 42.5 Å². The van der Waals surface area contributed by atoms with Gasteiger partial charge in [0.25, 0.3) is 11.8 Å². The van der Waals surface area contributed by atoms with Gasteiger partial charge in [-0.2, -0.15) is 5.26 Å². The lowest BCUT2D eigenvalue weighted by atomic mass is 9.94. The third-order valence-electron chi connectivity index (χ3n) is 6.81. The van der Waals surface area contributed by atoms with Crippen molar-refractivity contribution in [1.82, 2.24) is 9.80 Å². The van der Waals surface area contributed by atoms with Gasteiger partial charge in [-0.3, -0.25) is 9.59 Å². The van der Waals surface area contributed by atoms with Gasteiger partial charge >= 0.3 is 0 Å². The van der Waals surface area contributed by atoms with Gasteiger partial charge in [-0.1, -0.05) is 18.2 Å². The van der Waals surface area contributed by atoms with Crippen molar-refractivity contribution in [3.05, 3.63) is 53.6 Å². The molecule has 0 spiro atoms. The van der Waals surface area contributed by atoms with Crippen LogP contribution in [-0.4, -0.2) is 65.0 Å². The van der Waals surface area contributed by atoms with Gasteiger partial charge in [0.1, 0.15) is 5.60 Å². The maximum absolute atomic E-state index is 12.9. The molecule has 2 aromatic carbocycles. The standard InChI is InChI=1S/C25H26N4O3/c26-10-7-20-16-27-22-6-5-19(15-21(20)22)17-1-3-18(4-2-17)23(30)28-11-13-29(14-12-28)24(31)25(32)8-9-25/h1-6,15,20,27,32H,7-9,11-14,16H2. The van der Waals surface area contributed by atoms with Crippen LogP contribution in [0.4, 0.5) is 5.69 Å².